The summed E-state index contributed by atoms with van der Waals surface area (Å²) in [5, 5.41) is 0. The molecule has 0 N–H and O–H groups in total. The average Bonchev–Trinajstić information content (AvgIpc) is 2.91. The topological polar surface area (TPSA) is 27.1 Å². The van der Waals surface area contributed by atoms with Gasteiger partial charge >= 0.3 is 0 Å². The second-order valence-electron chi connectivity index (χ2n) is 8.20. The Labute approximate surface area is 169 Å². The van der Waals surface area contributed by atoms with Gasteiger partial charge < -0.3 is 9.30 Å². The minimum absolute atomic E-state index is 0.265. The number of pyridine rings is 1. The van der Waals surface area contributed by atoms with Crippen LogP contribution in [0.25, 0.3) is 22.2 Å². The van der Waals surface area contributed by atoms with Crippen LogP contribution in [0.15, 0.2) is 24.4 Å². The van der Waals surface area contributed by atoms with Crippen LogP contribution in [0.5, 0.6) is 5.75 Å². The van der Waals surface area contributed by atoms with Crippen LogP contribution < -0.4 is 4.74 Å². The fourth-order valence-electron chi connectivity index (χ4n) is 4.45. The summed E-state index contributed by atoms with van der Waals surface area (Å²) in [4.78, 5) is 4.94. The maximum atomic E-state index is 6.54. The molecule has 0 atom stereocenters. The molecule has 3 heteroatoms. The van der Waals surface area contributed by atoms with Gasteiger partial charge in [0.15, 0.2) is 0 Å². The van der Waals surface area contributed by atoms with Crippen molar-refractivity contribution in [2.75, 3.05) is 0 Å². The predicted octanol–water partition coefficient (Wildman–Crippen LogP) is 6.82. The Morgan fingerprint density at radius 3 is 2.14 bits per heavy atom. The second kappa shape index (κ2) is 8.38. The lowest BCUT2D eigenvalue weighted by Gasteiger charge is -2.19. The number of fused-ring (bicyclic) bond motifs is 1. The summed E-state index contributed by atoms with van der Waals surface area (Å²) in [5.41, 5.74) is 9.52. The van der Waals surface area contributed by atoms with E-state index in [9.17, 15) is 0 Å². The summed E-state index contributed by atoms with van der Waals surface area (Å²) in [5.74, 6) is 0.963. The molecule has 0 spiro atoms. The van der Waals surface area contributed by atoms with Crippen LogP contribution in [0.3, 0.4) is 0 Å². The lowest BCUT2D eigenvalue weighted by atomic mass is 9.95. The largest absolute Gasteiger partial charge is 0.488 e. The third-order valence-electron chi connectivity index (χ3n) is 5.48. The molecule has 3 rings (SSSR count). The quantitative estimate of drug-likeness (QED) is 0.451. The van der Waals surface area contributed by atoms with Gasteiger partial charge in [0.05, 0.1) is 6.10 Å². The minimum atomic E-state index is 0.265. The van der Waals surface area contributed by atoms with Gasteiger partial charge in [-0.3, -0.25) is 4.98 Å². The van der Waals surface area contributed by atoms with E-state index >= 15 is 0 Å². The zero-order valence-electron chi connectivity index (χ0n) is 18.5. The number of aryl methyl sites for hydroxylation is 5. The molecule has 3 aromatic rings. The fourth-order valence-corrected chi connectivity index (χ4v) is 4.45. The van der Waals surface area contributed by atoms with E-state index in [-0.39, 0.29) is 6.10 Å². The standard InChI is InChI=1S/C25H34N2O/c1-8-10-20(11-9-2)28-22-14-19(6)26-24-21(15-27(7)25(22)24)23-17(4)12-16(3)13-18(23)5/h12-15,20H,8-11H2,1-7H3. The molecule has 3 nitrogen and oxygen atoms in total. The van der Waals surface area contributed by atoms with Crippen LogP contribution in [0, 0.1) is 27.7 Å². The number of aromatic nitrogens is 2. The molecule has 0 radical (unpaired) electrons. The third kappa shape index (κ3) is 3.94. The maximum absolute atomic E-state index is 6.54. The Morgan fingerprint density at radius 1 is 0.964 bits per heavy atom. The molecule has 0 saturated heterocycles. The molecule has 0 bridgehead atoms. The molecule has 0 fully saturated rings. The number of hydrogen-bond donors (Lipinski definition) is 0. The number of rotatable bonds is 7. The zero-order chi connectivity index (χ0) is 20.4. The molecule has 150 valence electrons. The summed E-state index contributed by atoms with van der Waals surface area (Å²) in [6.07, 6.45) is 6.93. The van der Waals surface area contributed by atoms with E-state index in [0.29, 0.717) is 0 Å². The van der Waals surface area contributed by atoms with Gasteiger partial charge in [-0.25, -0.2) is 0 Å². The molecule has 2 heterocycles. The second-order valence-corrected chi connectivity index (χ2v) is 8.20. The van der Waals surface area contributed by atoms with Gasteiger partial charge in [0.25, 0.3) is 0 Å². The number of benzene rings is 1. The van der Waals surface area contributed by atoms with E-state index < -0.39 is 0 Å². The smallest absolute Gasteiger partial charge is 0.147 e. The number of hydrogen-bond acceptors (Lipinski definition) is 2. The molecule has 2 aromatic heterocycles. The van der Waals surface area contributed by atoms with E-state index in [4.69, 9.17) is 9.72 Å². The fraction of sp³-hybridized carbons (Fsp3) is 0.480. The van der Waals surface area contributed by atoms with E-state index in [1.807, 2.05) is 0 Å². The lowest BCUT2D eigenvalue weighted by molar-refractivity contribution is 0.180. The van der Waals surface area contributed by atoms with Crippen LogP contribution in [0.4, 0.5) is 0 Å². The molecule has 0 saturated carbocycles. The zero-order valence-corrected chi connectivity index (χ0v) is 18.5. The van der Waals surface area contributed by atoms with Crippen LogP contribution in [-0.4, -0.2) is 15.7 Å². The molecule has 0 aliphatic carbocycles. The van der Waals surface area contributed by atoms with E-state index in [1.54, 1.807) is 0 Å². The number of ether oxygens (including phenoxy) is 1. The van der Waals surface area contributed by atoms with Crippen LogP contribution in [-0.2, 0) is 7.05 Å². The van der Waals surface area contributed by atoms with Crippen molar-refractivity contribution in [3.8, 4) is 16.9 Å². The normalized spacial score (nSPS) is 11.6. The van der Waals surface area contributed by atoms with Gasteiger partial charge in [-0.05, 0) is 57.2 Å². The Hall–Kier alpha value is -2.29. The Kier molecular flexibility index (Phi) is 6.12. The van der Waals surface area contributed by atoms with Crippen LogP contribution in [0.2, 0.25) is 0 Å². The molecule has 28 heavy (non-hydrogen) atoms. The third-order valence-corrected chi connectivity index (χ3v) is 5.48. The first-order chi connectivity index (χ1) is 13.3. The molecule has 0 aliphatic rings. The van der Waals surface area contributed by atoms with E-state index in [2.05, 4.69) is 77.6 Å². The Balaban J connectivity index is 2.18. The van der Waals surface area contributed by atoms with Gasteiger partial charge in [-0.1, -0.05) is 44.4 Å². The molecule has 0 unspecified atom stereocenters. The SMILES string of the molecule is CCCC(CCC)Oc1cc(C)nc2c(-c3c(C)cc(C)cc3C)cn(C)c12. The number of nitrogens with zero attached hydrogens (tertiary/aromatic N) is 2. The van der Waals surface area contributed by atoms with Gasteiger partial charge in [0, 0.05) is 30.6 Å². The Bertz CT molecular complexity index is 955. The highest BCUT2D eigenvalue weighted by molar-refractivity contribution is 5.97. The predicted molar refractivity (Wildman–Crippen MR) is 119 cm³/mol. The van der Waals surface area contributed by atoms with Crippen molar-refractivity contribution in [1.29, 1.82) is 0 Å². The van der Waals surface area contributed by atoms with Crippen molar-refractivity contribution >= 4 is 11.0 Å². The van der Waals surface area contributed by atoms with Crippen LogP contribution >= 0.6 is 0 Å². The van der Waals surface area contributed by atoms with E-state index in [1.165, 1.54) is 27.8 Å². The van der Waals surface area contributed by atoms with Crippen molar-refractivity contribution in [1.82, 2.24) is 9.55 Å². The molecular formula is C25H34N2O. The molecule has 0 amide bonds. The maximum Gasteiger partial charge on any atom is 0.147 e. The molecule has 1 aromatic carbocycles. The Morgan fingerprint density at radius 2 is 1.57 bits per heavy atom. The monoisotopic (exact) mass is 378 g/mol. The highest BCUT2D eigenvalue weighted by atomic mass is 16.5. The van der Waals surface area contributed by atoms with Crippen molar-refractivity contribution in [2.45, 2.75) is 73.3 Å². The average molecular weight is 379 g/mol. The highest BCUT2D eigenvalue weighted by Gasteiger charge is 2.20. The minimum Gasteiger partial charge on any atom is -0.488 e. The van der Waals surface area contributed by atoms with Crippen molar-refractivity contribution < 1.29 is 4.74 Å². The van der Waals surface area contributed by atoms with Crippen molar-refractivity contribution in [3.63, 3.8) is 0 Å². The van der Waals surface area contributed by atoms with Crippen molar-refractivity contribution in [2.24, 2.45) is 7.05 Å². The van der Waals surface area contributed by atoms with Gasteiger partial charge in [-0.2, -0.15) is 0 Å². The summed E-state index contributed by atoms with van der Waals surface area (Å²) < 4.78 is 8.72. The summed E-state index contributed by atoms with van der Waals surface area (Å²) >= 11 is 0. The summed E-state index contributed by atoms with van der Waals surface area (Å²) in [6.45, 7) is 13.1. The molecule has 0 aliphatic heterocycles. The first-order valence-electron chi connectivity index (χ1n) is 10.6. The van der Waals surface area contributed by atoms with Crippen LogP contribution in [0.1, 0.15) is 61.9 Å². The van der Waals surface area contributed by atoms with Gasteiger partial charge in [-0.15, -0.1) is 0 Å². The first-order valence-corrected chi connectivity index (χ1v) is 10.6. The van der Waals surface area contributed by atoms with Gasteiger partial charge in [0.1, 0.15) is 16.8 Å². The summed E-state index contributed by atoms with van der Waals surface area (Å²) in [6, 6.07) is 6.61. The first kappa shape index (κ1) is 20.4. The highest BCUT2D eigenvalue weighted by Crippen LogP contribution is 2.38. The van der Waals surface area contributed by atoms with Crippen molar-refractivity contribution in [3.05, 3.63) is 46.8 Å². The molecular weight excluding hydrogens is 344 g/mol. The lowest BCUT2D eigenvalue weighted by Crippen LogP contribution is -2.16. The van der Waals surface area contributed by atoms with Gasteiger partial charge in [0.2, 0.25) is 0 Å². The van der Waals surface area contributed by atoms with E-state index in [0.717, 1.165) is 48.2 Å². The summed E-state index contributed by atoms with van der Waals surface area (Å²) in [7, 11) is 2.10.